The number of nitrogens with zero attached hydrogens (tertiary/aromatic N) is 2. The topological polar surface area (TPSA) is 80.9 Å². The molecule has 1 atom stereocenters. The summed E-state index contributed by atoms with van der Waals surface area (Å²) < 4.78 is 0. The van der Waals surface area contributed by atoms with Gasteiger partial charge in [-0.1, -0.05) is 30.3 Å². The van der Waals surface area contributed by atoms with Crippen molar-refractivity contribution in [1.29, 1.82) is 0 Å². The molecule has 1 aromatic carbocycles. The molecule has 0 aliphatic heterocycles. The lowest BCUT2D eigenvalue weighted by molar-refractivity contribution is 0.0999. The van der Waals surface area contributed by atoms with Crippen molar-refractivity contribution in [2.75, 3.05) is 5.32 Å². The van der Waals surface area contributed by atoms with Gasteiger partial charge in [-0.2, -0.15) is 0 Å². The fraction of sp³-hybridized carbons (Fsp3) is 0.154. The number of benzene rings is 1. The van der Waals surface area contributed by atoms with Gasteiger partial charge < -0.3 is 11.1 Å². The fourth-order valence-electron chi connectivity index (χ4n) is 1.55. The van der Waals surface area contributed by atoms with Crippen molar-refractivity contribution in [2.24, 2.45) is 5.73 Å². The van der Waals surface area contributed by atoms with Crippen molar-refractivity contribution in [3.63, 3.8) is 0 Å². The molecule has 0 spiro atoms. The predicted octanol–water partition coefficient (Wildman–Crippen LogP) is 1.75. The Morgan fingerprint density at radius 2 is 1.83 bits per heavy atom. The van der Waals surface area contributed by atoms with Crippen LogP contribution in [0.25, 0.3) is 0 Å². The summed E-state index contributed by atoms with van der Waals surface area (Å²) >= 11 is 0. The maximum Gasteiger partial charge on any atom is 0.251 e. The van der Waals surface area contributed by atoms with E-state index < -0.39 is 5.91 Å². The molecule has 1 amide bonds. The highest BCUT2D eigenvalue weighted by molar-refractivity contribution is 5.92. The van der Waals surface area contributed by atoms with Gasteiger partial charge in [0.2, 0.25) is 5.95 Å². The molecule has 3 N–H and O–H groups in total. The van der Waals surface area contributed by atoms with Crippen LogP contribution in [-0.2, 0) is 0 Å². The zero-order chi connectivity index (χ0) is 13.0. The lowest BCUT2D eigenvalue weighted by Gasteiger charge is -2.13. The molecule has 2 rings (SSSR count). The third-order valence-corrected chi connectivity index (χ3v) is 2.58. The van der Waals surface area contributed by atoms with Crippen molar-refractivity contribution in [2.45, 2.75) is 13.0 Å². The molecular formula is C13H14N4O. The first kappa shape index (κ1) is 12.0. The van der Waals surface area contributed by atoms with Crippen LogP contribution in [0.3, 0.4) is 0 Å². The van der Waals surface area contributed by atoms with E-state index in [1.54, 1.807) is 0 Å². The van der Waals surface area contributed by atoms with Crippen LogP contribution in [0.4, 0.5) is 5.95 Å². The molecule has 92 valence electrons. The van der Waals surface area contributed by atoms with E-state index in [1.807, 2.05) is 37.3 Å². The summed E-state index contributed by atoms with van der Waals surface area (Å²) in [5.41, 5.74) is 6.55. The Kier molecular flexibility index (Phi) is 3.52. The minimum Gasteiger partial charge on any atom is -0.366 e. The van der Waals surface area contributed by atoms with E-state index in [0.29, 0.717) is 11.5 Å². The lowest BCUT2D eigenvalue weighted by atomic mass is 10.1. The van der Waals surface area contributed by atoms with Crippen LogP contribution in [0.1, 0.15) is 28.9 Å². The molecule has 0 unspecified atom stereocenters. The number of aromatic nitrogens is 2. The number of anilines is 1. The summed E-state index contributed by atoms with van der Waals surface area (Å²) in [5, 5.41) is 3.15. The zero-order valence-electron chi connectivity index (χ0n) is 10.00. The average molecular weight is 242 g/mol. The number of nitrogens with one attached hydrogen (secondary N) is 1. The summed E-state index contributed by atoms with van der Waals surface area (Å²) in [7, 11) is 0. The monoisotopic (exact) mass is 242 g/mol. The number of rotatable bonds is 4. The van der Waals surface area contributed by atoms with Gasteiger partial charge in [-0.05, 0) is 12.5 Å². The number of hydrogen-bond donors (Lipinski definition) is 2. The Morgan fingerprint density at radius 3 is 2.39 bits per heavy atom. The molecule has 5 heteroatoms. The molecule has 2 aromatic rings. The maximum atomic E-state index is 10.9. The molecule has 0 aliphatic rings. The Bertz CT molecular complexity index is 524. The summed E-state index contributed by atoms with van der Waals surface area (Å²) in [6.07, 6.45) is 2.82. The summed E-state index contributed by atoms with van der Waals surface area (Å²) in [6.45, 7) is 2.01. The van der Waals surface area contributed by atoms with Gasteiger partial charge in [-0.25, -0.2) is 9.97 Å². The normalized spacial score (nSPS) is 11.8. The first-order valence-electron chi connectivity index (χ1n) is 5.60. The second-order valence-corrected chi connectivity index (χ2v) is 3.94. The molecule has 0 bridgehead atoms. The van der Waals surface area contributed by atoms with Crippen LogP contribution in [0.2, 0.25) is 0 Å². The van der Waals surface area contributed by atoms with Gasteiger partial charge in [0.25, 0.3) is 5.91 Å². The predicted molar refractivity (Wildman–Crippen MR) is 69.0 cm³/mol. The van der Waals surface area contributed by atoms with Gasteiger partial charge in [-0.3, -0.25) is 4.79 Å². The largest absolute Gasteiger partial charge is 0.366 e. The Morgan fingerprint density at radius 1 is 1.22 bits per heavy atom. The molecular weight excluding hydrogens is 228 g/mol. The Labute approximate surface area is 105 Å². The van der Waals surface area contributed by atoms with Crippen LogP contribution in [0, 0.1) is 0 Å². The highest BCUT2D eigenvalue weighted by Gasteiger charge is 2.07. The third-order valence-electron chi connectivity index (χ3n) is 2.58. The third kappa shape index (κ3) is 2.82. The molecule has 18 heavy (non-hydrogen) atoms. The minimum absolute atomic E-state index is 0.0885. The first-order valence-corrected chi connectivity index (χ1v) is 5.60. The van der Waals surface area contributed by atoms with E-state index in [-0.39, 0.29) is 6.04 Å². The molecule has 0 saturated heterocycles. The van der Waals surface area contributed by atoms with Crippen LogP contribution in [-0.4, -0.2) is 15.9 Å². The highest BCUT2D eigenvalue weighted by atomic mass is 16.1. The van der Waals surface area contributed by atoms with Gasteiger partial charge in [0, 0.05) is 12.4 Å². The highest BCUT2D eigenvalue weighted by Crippen LogP contribution is 2.15. The molecule has 0 fully saturated rings. The van der Waals surface area contributed by atoms with E-state index in [4.69, 9.17) is 5.73 Å². The van der Waals surface area contributed by atoms with Gasteiger partial charge in [-0.15, -0.1) is 0 Å². The summed E-state index contributed by atoms with van der Waals surface area (Å²) in [5.74, 6) is -0.0611. The fourth-order valence-corrected chi connectivity index (χ4v) is 1.55. The van der Waals surface area contributed by atoms with Crippen LogP contribution in [0.5, 0.6) is 0 Å². The second kappa shape index (κ2) is 5.27. The summed E-state index contributed by atoms with van der Waals surface area (Å²) in [4.78, 5) is 19.0. The minimum atomic E-state index is -0.530. The number of carbonyl (C=O) groups excluding carboxylic acids is 1. The Balaban J connectivity index is 2.08. The van der Waals surface area contributed by atoms with E-state index in [2.05, 4.69) is 15.3 Å². The van der Waals surface area contributed by atoms with Crippen molar-refractivity contribution >= 4 is 11.9 Å². The molecule has 0 saturated carbocycles. The molecule has 1 heterocycles. The second-order valence-electron chi connectivity index (χ2n) is 3.94. The van der Waals surface area contributed by atoms with E-state index in [1.165, 1.54) is 12.4 Å². The van der Waals surface area contributed by atoms with Crippen molar-refractivity contribution in [3.8, 4) is 0 Å². The first-order chi connectivity index (χ1) is 8.66. The molecule has 5 nitrogen and oxygen atoms in total. The zero-order valence-corrected chi connectivity index (χ0v) is 10.00. The quantitative estimate of drug-likeness (QED) is 0.855. The van der Waals surface area contributed by atoms with Crippen LogP contribution >= 0.6 is 0 Å². The van der Waals surface area contributed by atoms with Gasteiger partial charge in [0.15, 0.2) is 0 Å². The standard InChI is InChI=1S/C13H14N4O/c1-9(10-5-3-2-4-6-10)17-13-15-7-11(8-16-13)12(14)18/h2-9H,1H3,(H2,14,18)(H,15,16,17)/t9-/m0/s1. The van der Waals surface area contributed by atoms with Crippen molar-refractivity contribution in [3.05, 3.63) is 53.9 Å². The number of nitrogens with two attached hydrogens (primary N) is 1. The smallest absolute Gasteiger partial charge is 0.251 e. The number of primary amides is 1. The van der Waals surface area contributed by atoms with Crippen molar-refractivity contribution < 1.29 is 4.79 Å². The maximum absolute atomic E-state index is 10.9. The average Bonchev–Trinajstić information content (AvgIpc) is 2.40. The van der Waals surface area contributed by atoms with Gasteiger partial charge >= 0.3 is 0 Å². The Hall–Kier alpha value is -2.43. The van der Waals surface area contributed by atoms with Crippen molar-refractivity contribution in [1.82, 2.24) is 9.97 Å². The number of carbonyl (C=O) groups is 1. The van der Waals surface area contributed by atoms with Gasteiger partial charge in [0.05, 0.1) is 11.6 Å². The summed E-state index contributed by atoms with van der Waals surface area (Å²) in [6, 6.07) is 10.1. The number of hydrogen-bond acceptors (Lipinski definition) is 4. The lowest BCUT2D eigenvalue weighted by Crippen LogP contribution is -2.13. The molecule has 0 radical (unpaired) electrons. The van der Waals surface area contributed by atoms with Crippen LogP contribution < -0.4 is 11.1 Å². The SMILES string of the molecule is C[C@H](Nc1ncc(C(N)=O)cn1)c1ccccc1. The molecule has 0 aliphatic carbocycles. The van der Waals surface area contributed by atoms with Crippen LogP contribution in [0.15, 0.2) is 42.7 Å². The number of amides is 1. The molecule has 1 aromatic heterocycles. The van der Waals surface area contributed by atoms with E-state index in [9.17, 15) is 4.79 Å². The van der Waals surface area contributed by atoms with E-state index in [0.717, 1.165) is 5.56 Å². The van der Waals surface area contributed by atoms with E-state index >= 15 is 0 Å². The van der Waals surface area contributed by atoms with Gasteiger partial charge in [0.1, 0.15) is 0 Å².